The fourth-order valence-corrected chi connectivity index (χ4v) is 1.10. The van der Waals surface area contributed by atoms with E-state index in [4.69, 9.17) is 0 Å². The molecule has 0 aliphatic heterocycles. The highest BCUT2D eigenvalue weighted by molar-refractivity contribution is 5.92. The number of carbonyl (C=O) groups excluding carboxylic acids is 2. The van der Waals surface area contributed by atoms with E-state index in [1.54, 1.807) is 0 Å². The molecule has 3 amide bonds. The van der Waals surface area contributed by atoms with Crippen LogP contribution in [0.3, 0.4) is 0 Å². The molecule has 0 aliphatic carbocycles. The van der Waals surface area contributed by atoms with Crippen molar-refractivity contribution in [3.05, 3.63) is 34.4 Å². The molecule has 0 bridgehead atoms. The van der Waals surface area contributed by atoms with Gasteiger partial charge in [0.15, 0.2) is 0 Å². The van der Waals surface area contributed by atoms with Crippen LogP contribution in [-0.2, 0) is 4.79 Å². The number of hydrazine groups is 1. The number of non-ortho nitro benzene ring substituents is 1. The van der Waals surface area contributed by atoms with Crippen LogP contribution in [0.1, 0.15) is 13.8 Å². The Hall–Kier alpha value is -2.68. The molecule has 0 fully saturated rings. The Morgan fingerprint density at radius 3 is 2.20 bits per heavy atom. The highest BCUT2D eigenvalue weighted by Crippen LogP contribution is 2.14. The van der Waals surface area contributed by atoms with E-state index in [-0.39, 0.29) is 5.69 Å². The smallest absolute Gasteiger partial charge is 0.337 e. The molecule has 1 rings (SSSR count). The van der Waals surface area contributed by atoms with Gasteiger partial charge in [-0.1, -0.05) is 0 Å². The second kappa shape index (κ2) is 5.97. The fourth-order valence-electron chi connectivity index (χ4n) is 1.10. The lowest BCUT2D eigenvalue weighted by molar-refractivity contribution is -0.384. The normalized spacial score (nSPS) is 10.6. The molecule has 1 aromatic rings. The second-order valence-electron chi connectivity index (χ2n) is 4.40. The molecule has 0 aliphatic rings. The molecule has 0 saturated carbocycles. The monoisotopic (exact) mass is 282 g/mol. The maximum Gasteiger partial charge on any atom is 0.337 e. The first kappa shape index (κ1) is 15.4. The Morgan fingerprint density at radius 1 is 1.20 bits per heavy atom. The summed E-state index contributed by atoms with van der Waals surface area (Å²) in [5.41, 5.74) is 2.63. The van der Waals surface area contributed by atoms with Gasteiger partial charge in [-0.05, 0) is 26.0 Å². The molecule has 0 aromatic heterocycles. The predicted octanol–water partition coefficient (Wildman–Crippen LogP) is 0.518. The quantitative estimate of drug-likeness (QED) is 0.473. The summed E-state index contributed by atoms with van der Waals surface area (Å²) >= 11 is 0. The zero-order valence-corrected chi connectivity index (χ0v) is 10.8. The molecule has 9 heteroatoms. The first-order valence-electron chi connectivity index (χ1n) is 5.54. The summed E-state index contributed by atoms with van der Waals surface area (Å²) in [5, 5.41) is 22.1. The number of benzene rings is 1. The van der Waals surface area contributed by atoms with Crippen LogP contribution in [0.25, 0.3) is 0 Å². The van der Waals surface area contributed by atoms with Crippen molar-refractivity contribution in [3.8, 4) is 0 Å². The third-order valence-electron chi connectivity index (χ3n) is 2.18. The van der Waals surface area contributed by atoms with E-state index in [0.717, 1.165) is 0 Å². The van der Waals surface area contributed by atoms with Crippen molar-refractivity contribution < 1.29 is 19.6 Å². The van der Waals surface area contributed by atoms with Crippen LogP contribution in [0.4, 0.5) is 16.2 Å². The van der Waals surface area contributed by atoms with Crippen molar-refractivity contribution >= 4 is 23.3 Å². The number of hydrogen-bond acceptors (Lipinski definition) is 5. The first-order valence-corrected chi connectivity index (χ1v) is 5.54. The van der Waals surface area contributed by atoms with Gasteiger partial charge in [0.1, 0.15) is 5.60 Å². The molecule has 0 atom stereocenters. The summed E-state index contributed by atoms with van der Waals surface area (Å²) < 4.78 is 0. The number of rotatable bonds is 3. The fraction of sp³-hybridized carbons (Fsp3) is 0.273. The third kappa shape index (κ3) is 4.53. The van der Waals surface area contributed by atoms with Crippen molar-refractivity contribution in [1.82, 2.24) is 10.9 Å². The number of nitrogens with zero attached hydrogens (tertiary/aromatic N) is 1. The topological polar surface area (TPSA) is 134 Å². The van der Waals surface area contributed by atoms with Gasteiger partial charge in [0.2, 0.25) is 0 Å². The van der Waals surface area contributed by atoms with Crippen LogP contribution in [-0.4, -0.2) is 27.6 Å². The van der Waals surface area contributed by atoms with Crippen molar-refractivity contribution in [2.45, 2.75) is 19.4 Å². The number of anilines is 1. The average molecular weight is 282 g/mol. The largest absolute Gasteiger partial charge is 0.381 e. The second-order valence-corrected chi connectivity index (χ2v) is 4.40. The molecule has 0 radical (unpaired) electrons. The van der Waals surface area contributed by atoms with Gasteiger partial charge in [-0.2, -0.15) is 0 Å². The van der Waals surface area contributed by atoms with Gasteiger partial charge in [0.05, 0.1) is 4.92 Å². The molecule has 108 valence electrons. The number of nitro groups is 1. The molecule has 0 spiro atoms. The molecular formula is C11H14N4O5. The van der Waals surface area contributed by atoms with Gasteiger partial charge in [-0.15, -0.1) is 0 Å². The Morgan fingerprint density at radius 2 is 1.75 bits per heavy atom. The Bertz CT molecular complexity index is 521. The van der Waals surface area contributed by atoms with E-state index < -0.39 is 22.5 Å². The minimum Gasteiger partial charge on any atom is -0.381 e. The molecule has 1 aromatic carbocycles. The summed E-state index contributed by atoms with van der Waals surface area (Å²) in [6, 6.07) is 4.39. The van der Waals surface area contributed by atoms with Gasteiger partial charge < -0.3 is 10.4 Å². The SMILES string of the molecule is CC(C)(O)C(=O)NNC(=O)Nc1ccc([N+](=O)[O-])cc1. The molecule has 0 heterocycles. The summed E-state index contributed by atoms with van der Waals surface area (Å²) in [6.07, 6.45) is 0. The minimum absolute atomic E-state index is 0.105. The van der Waals surface area contributed by atoms with E-state index in [9.17, 15) is 24.8 Å². The van der Waals surface area contributed by atoms with Gasteiger partial charge in [0, 0.05) is 17.8 Å². The maximum atomic E-state index is 11.4. The van der Waals surface area contributed by atoms with Crippen molar-refractivity contribution in [3.63, 3.8) is 0 Å². The van der Waals surface area contributed by atoms with E-state index in [1.165, 1.54) is 38.1 Å². The number of nitro benzene ring substituents is 1. The molecular weight excluding hydrogens is 268 g/mol. The van der Waals surface area contributed by atoms with E-state index >= 15 is 0 Å². The zero-order valence-electron chi connectivity index (χ0n) is 10.8. The lowest BCUT2D eigenvalue weighted by Gasteiger charge is -2.17. The molecule has 4 N–H and O–H groups in total. The standard InChI is InChI=1S/C11H14N4O5/c1-11(2,18)9(16)13-14-10(17)12-7-3-5-8(6-4-7)15(19)20/h3-6,18H,1-2H3,(H,13,16)(H2,12,14,17). The number of amides is 3. The lowest BCUT2D eigenvalue weighted by atomic mass is 10.1. The highest BCUT2D eigenvalue weighted by atomic mass is 16.6. The Labute approximate surface area is 114 Å². The minimum atomic E-state index is -1.62. The number of nitrogens with one attached hydrogen (secondary N) is 3. The van der Waals surface area contributed by atoms with Crippen LogP contribution in [0.15, 0.2) is 24.3 Å². The average Bonchev–Trinajstić information content (AvgIpc) is 2.35. The Balaban J connectivity index is 2.51. The van der Waals surface area contributed by atoms with Crippen LogP contribution < -0.4 is 16.2 Å². The molecule has 0 saturated heterocycles. The van der Waals surface area contributed by atoms with Crippen molar-refractivity contribution in [2.75, 3.05) is 5.32 Å². The number of urea groups is 1. The van der Waals surface area contributed by atoms with E-state index in [0.29, 0.717) is 5.69 Å². The lowest BCUT2D eigenvalue weighted by Crippen LogP contribution is -2.51. The van der Waals surface area contributed by atoms with Crippen LogP contribution in [0.5, 0.6) is 0 Å². The van der Waals surface area contributed by atoms with Crippen molar-refractivity contribution in [1.29, 1.82) is 0 Å². The maximum absolute atomic E-state index is 11.4. The van der Waals surface area contributed by atoms with Gasteiger partial charge in [-0.3, -0.25) is 20.3 Å². The summed E-state index contributed by atoms with van der Waals surface area (Å²) in [4.78, 5) is 32.6. The molecule has 0 unspecified atom stereocenters. The highest BCUT2D eigenvalue weighted by Gasteiger charge is 2.23. The molecule has 20 heavy (non-hydrogen) atoms. The number of hydrogen-bond donors (Lipinski definition) is 4. The van der Waals surface area contributed by atoms with Gasteiger partial charge in [-0.25, -0.2) is 10.2 Å². The van der Waals surface area contributed by atoms with Crippen LogP contribution >= 0.6 is 0 Å². The van der Waals surface area contributed by atoms with Gasteiger partial charge in [0.25, 0.3) is 11.6 Å². The number of aliphatic hydroxyl groups is 1. The van der Waals surface area contributed by atoms with Gasteiger partial charge >= 0.3 is 6.03 Å². The predicted molar refractivity (Wildman–Crippen MR) is 69.7 cm³/mol. The van der Waals surface area contributed by atoms with E-state index in [1.807, 2.05) is 10.9 Å². The summed E-state index contributed by atoms with van der Waals surface area (Å²) in [5.74, 6) is -0.781. The van der Waals surface area contributed by atoms with E-state index in [2.05, 4.69) is 5.32 Å². The number of carbonyl (C=O) groups is 2. The molecule has 9 nitrogen and oxygen atoms in total. The first-order chi connectivity index (χ1) is 9.20. The Kier molecular flexibility index (Phi) is 4.59. The third-order valence-corrected chi connectivity index (χ3v) is 2.18. The zero-order chi connectivity index (χ0) is 15.3. The van der Waals surface area contributed by atoms with Crippen LogP contribution in [0.2, 0.25) is 0 Å². The summed E-state index contributed by atoms with van der Waals surface area (Å²) in [7, 11) is 0. The van der Waals surface area contributed by atoms with Crippen LogP contribution in [0, 0.1) is 10.1 Å². The summed E-state index contributed by atoms with van der Waals surface area (Å²) in [6.45, 7) is 2.52. The van der Waals surface area contributed by atoms with Crippen molar-refractivity contribution in [2.24, 2.45) is 0 Å².